The highest BCUT2D eigenvalue weighted by atomic mass is 32.1. The van der Waals surface area contributed by atoms with E-state index in [-0.39, 0.29) is 5.91 Å². The quantitative estimate of drug-likeness (QED) is 0.456. The number of hydrogen-bond acceptors (Lipinski definition) is 3. The molecule has 0 aliphatic carbocycles. The summed E-state index contributed by atoms with van der Waals surface area (Å²) in [5, 5.41) is 3.99. The van der Waals surface area contributed by atoms with Crippen molar-refractivity contribution < 1.29 is 4.79 Å². The first-order chi connectivity index (χ1) is 13.3. The number of para-hydroxylation sites is 2. The first kappa shape index (κ1) is 17.4. The van der Waals surface area contributed by atoms with E-state index in [0.717, 1.165) is 39.3 Å². The number of amides is 1. The average molecular weight is 372 g/mol. The lowest BCUT2D eigenvalue weighted by Crippen LogP contribution is -2.12. The number of aryl methyl sites for hydroxylation is 1. The number of nitrogens with zero attached hydrogens (tertiary/aromatic N) is 1. The van der Waals surface area contributed by atoms with Crippen LogP contribution in [-0.4, -0.2) is 10.9 Å². The van der Waals surface area contributed by atoms with Gasteiger partial charge in [0.05, 0.1) is 15.9 Å². The van der Waals surface area contributed by atoms with E-state index in [1.54, 1.807) is 11.3 Å². The third-order valence-electron chi connectivity index (χ3n) is 4.44. The van der Waals surface area contributed by atoms with Gasteiger partial charge in [0.25, 0.3) is 0 Å². The number of aromatic nitrogens is 1. The fourth-order valence-corrected chi connectivity index (χ4v) is 4.08. The maximum Gasteiger partial charge on any atom is 0.224 e. The molecule has 0 radical (unpaired) electrons. The Balaban J connectivity index is 1.45. The SMILES string of the molecule is O=C(CCCc1ccccc1)Nc1ccccc1-c1nc2ccccc2s1. The summed E-state index contributed by atoms with van der Waals surface area (Å²) in [5.41, 5.74) is 4.04. The molecule has 3 nitrogen and oxygen atoms in total. The van der Waals surface area contributed by atoms with Gasteiger partial charge < -0.3 is 5.32 Å². The van der Waals surface area contributed by atoms with Crippen LogP contribution in [0.5, 0.6) is 0 Å². The van der Waals surface area contributed by atoms with E-state index in [1.807, 2.05) is 60.7 Å². The zero-order chi connectivity index (χ0) is 18.5. The van der Waals surface area contributed by atoms with Crippen LogP contribution < -0.4 is 5.32 Å². The standard InChI is InChI=1S/C23H20N2OS/c26-22(16-8-11-17-9-2-1-3-10-17)24-19-13-5-4-12-18(19)23-25-20-14-6-7-15-21(20)27-23/h1-7,9-10,12-15H,8,11,16H2,(H,24,26). The molecule has 1 amide bonds. The van der Waals surface area contributed by atoms with Gasteiger partial charge in [-0.3, -0.25) is 4.79 Å². The van der Waals surface area contributed by atoms with Gasteiger partial charge in [0.2, 0.25) is 5.91 Å². The number of rotatable bonds is 6. The highest BCUT2D eigenvalue weighted by molar-refractivity contribution is 7.21. The Bertz CT molecular complexity index is 1020. The van der Waals surface area contributed by atoms with Gasteiger partial charge in [-0.1, -0.05) is 54.6 Å². The molecule has 4 rings (SSSR count). The van der Waals surface area contributed by atoms with Crippen molar-refractivity contribution in [3.8, 4) is 10.6 Å². The minimum absolute atomic E-state index is 0.0412. The smallest absolute Gasteiger partial charge is 0.224 e. The number of carbonyl (C=O) groups excluding carboxylic acids is 1. The summed E-state index contributed by atoms with van der Waals surface area (Å²) in [6.07, 6.45) is 2.25. The molecule has 1 N–H and O–H groups in total. The van der Waals surface area contributed by atoms with E-state index < -0.39 is 0 Å². The molecule has 0 fully saturated rings. The number of thiazole rings is 1. The van der Waals surface area contributed by atoms with Crippen LogP contribution in [0.4, 0.5) is 5.69 Å². The molecule has 0 saturated carbocycles. The summed E-state index contributed by atoms with van der Waals surface area (Å²) in [7, 11) is 0. The summed E-state index contributed by atoms with van der Waals surface area (Å²) < 4.78 is 1.15. The number of anilines is 1. The first-order valence-electron chi connectivity index (χ1n) is 9.08. The first-order valence-corrected chi connectivity index (χ1v) is 9.90. The van der Waals surface area contributed by atoms with Gasteiger partial charge in [-0.25, -0.2) is 4.98 Å². The lowest BCUT2D eigenvalue weighted by molar-refractivity contribution is -0.116. The Labute approximate surface area is 162 Å². The molecule has 3 aromatic carbocycles. The van der Waals surface area contributed by atoms with Crippen LogP contribution in [0.15, 0.2) is 78.9 Å². The van der Waals surface area contributed by atoms with Gasteiger partial charge in [0, 0.05) is 12.0 Å². The molecule has 0 atom stereocenters. The van der Waals surface area contributed by atoms with Crippen molar-refractivity contribution in [2.24, 2.45) is 0 Å². The number of hydrogen-bond donors (Lipinski definition) is 1. The number of carbonyl (C=O) groups is 1. The van der Waals surface area contributed by atoms with E-state index in [2.05, 4.69) is 23.5 Å². The van der Waals surface area contributed by atoms with E-state index in [0.29, 0.717) is 6.42 Å². The summed E-state index contributed by atoms with van der Waals surface area (Å²) in [6.45, 7) is 0. The third kappa shape index (κ3) is 4.23. The Kier molecular flexibility index (Phi) is 5.26. The van der Waals surface area contributed by atoms with Crippen LogP contribution in [0.3, 0.4) is 0 Å². The topological polar surface area (TPSA) is 42.0 Å². The predicted molar refractivity (Wildman–Crippen MR) is 113 cm³/mol. The second kappa shape index (κ2) is 8.14. The van der Waals surface area contributed by atoms with Gasteiger partial charge >= 0.3 is 0 Å². The molecular formula is C23H20N2OS. The van der Waals surface area contributed by atoms with Crippen LogP contribution in [0.2, 0.25) is 0 Å². The van der Waals surface area contributed by atoms with Crippen LogP contribution in [0, 0.1) is 0 Å². The minimum Gasteiger partial charge on any atom is -0.325 e. The van der Waals surface area contributed by atoms with E-state index >= 15 is 0 Å². The molecule has 0 spiro atoms. The number of fused-ring (bicyclic) bond motifs is 1. The molecule has 0 unspecified atom stereocenters. The molecule has 27 heavy (non-hydrogen) atoms. The van der Waals surface area contributed by atoms with Crippen LogP contribution >= 0.6 is 11.3 Å². The summed E-state index contributed by atoms with van der Waals surface area (Å²) >= 11 is 1.64. The summed E-state index contributed by atoms with van der Waals surface area (Å²) in [5.74, 6) is 0.0412. The number of benzene rings is 3. The van der Waals surface area contributed by atoms with Crippen molar-refractivity contribution in [3.05, 3.63) is 84.4 Å². The Morgan fingerprint density at radius 3 is 2.48 bits per heavy atom. The zero-order valence-corrected chi connectivity index (χ0v) is 15.7. The molecule has 0 saturated heterocycles. The van der Waals surface area contributed by atoms with E-state index in [4.69, 9.17) is 4.98 Å². The second-order valence-electron chi connectivity index (χ2n) is 6.42. The van der Waals surface area contributed by atoms with Gasteiger partial charge in [0.15, 0.2) is 0 Å². The monoisotopic (exact) mass is 372 g/mol. The van der Waals surface area contributed by atoms with E-state index in [9.17, 15) is 4.79 Å². The fraction of sp³-hybridized carbons (Fsp3) is 0.130. The summed E-state index contributed by atoms with van der Waals surface area (Å²) in [4.78, 5) is 17.2. The van der Waals surface area contributed by atoms with Gasteiger partial charge in [-0.15, -0.1) is 11.3 Å². The summed E-state index contributed by atoms with van der Waals surface area (Å²) in [6, 6.07) is 26.2. The lowest BCUT2D eigenvalue weighted by atomic mass is 10.1. The van der Waals surface area contributed by atoms with Crippen LogP contribution in [-0.2, 0) is 11.2 Å². The number of nitrogens with one attached hydrogen (secondary N) is 1. The van der Waals surface area contributed by atoms with Crippen molar-refractivity contribution in [2.75, 3.05) is 5.32 Å². The van der Waals surface area contributed by atoms with Gasteiger partial charge in [0.1, 0.15) is 5.01 Å². The molecule has 4 aromatic rings. The van der Waals surface area contributed by atoms with Crippen molar-refractivity contribution in [2.45, 2.75) is 19.3 Å². The Morgan fingerprint density at radius 2 is 1.63 bits per heavy atom. The zero-order valence-electron chi connectivity index (χ0n) is 14.9. The van der Waals surface area contributed by atoms with Crippen molar-refractivity contribution in [1.82, 2.24) is 4.98 Å². The maximum atomic E-state index is 12.4. The van der Waals surface area contributed by atoms with Crippen LogP contribution in [0.25, 0.3) is 20.8 Å². The van der Waals surface area contributed by atoms with Crippen molar-refractivity contribution in [3.63, 3.8) is 0 Å². The molecule has 134 valence electrons. The molecule has 1 aromatic heterocycles. The largest absolute Gasteiger partial charge is 0.325 e. The molecule has 1 heterocycles. The lowest BCUT2D eigenvalue weighted by Gasteiger charge is -2.09. The highest BCUT2D eigenvalue weighted by Gasteiger charge is 2.12. The minimum atomic E-state index is 0.0412. The predicted octanol–water partition coefficient (Wildman–Crippen LogP) is 5.92. The molecule has 0 bridgehead atoms. The Hall–Kier alpha value is -2.98. The van der Waals surface area contributed by atoms with Gasteiger partial charge in [-0.2, -0.15) is 0 Å². The molecule has 4 heteroatoms. The van der Waals surface area contributed by atoms with Crippen molar-refractivity contribution >= 4 is 33.1 Å². The average Bonchev–Trinajstić information content (AvgIpc) is 3.13. The Morgan fingerprint density at radius 1 is 0.889 bits per heavy atom. The molecular weight excluding hydrogens is 352 g/mol. The molecule has 0 aliphatic heterocycles. The molecule has 0 aliphatic rings. The normalized spacial score (nSPS) is 10.8. The highest BCUT2D eigenvalue weighted by Crippen LogP contribution is 2.34. The van der Waals surface area contributed by atoms with Crippen molar-refractivity contribution in [1.29, 1.82) is 0 Å². The third-order valence-corrected chi connectivity index (χ3v) is 5.51. The fourth-order valence-electron chi connectivity index (χ4n) is 3.08. The van der Waals surface area contributed by atoms with Gasteiger partial charge in [-0.05, 0) is 42.7 Å². The van der Waals surface area contributed by atoms with Crippen LogP contribution in [0.1, 0.15) is 18.4 Å². The van der Waals surface area contributed by atoms with E-state index in [1.165, 1.54) is 5.56 Å². The second-order valence-corrected chi connectivity index (χ2v) is 7.45. The maximum absolute atomic E-state index is 12.4.